The minimum atomic E-state index is -1.16. The summed E-state index contributed by atoms with van der Waals surface area (Å²) in [6.07, 6.45) is 2.12. The minimum Gasteiger partial charge on any atom is -0.391 e. The third-order valence-corrected chi connectivity index (χ3v) is 6.29. The largest absolute Gasteiger partial charge is 0.391 e. The Balaban J connectivity index is 1.66. The average Bonchev–Trinajstić information content (AvgIpc) is 3.56. The van der Waals surface area contributed by atoms with E-state index in [9.17, 15) is 15.5 Å². The number of nitriles is 1. The van der Waals surface area contributed by atoms with E-state index < -0.39 is 12.5 Å². The number of para-hydroxylation sites is 1. The molecule has 3 N–H and O–H groups in total. The number of halogens is 1. The molecule has 3 atom stereocenters. The average molecular weight is 409 g/mol. The van der Waals surface area contributed by atoms with Gasteiger partial charge in [-0.2, -0.15) is 5.26 Å². The summed E-state index contributed by atoms with van der Waals surface area (Å²) >= 11 is 6.43. The van der Waals surface area contributed by atoms with E-state index in [0.29, 0.717) is 28.0 Å². The van der Waals surface area contributed by atoms with Crippen molar-refractivity contribution in [3.05, 3.63) is 58.1 Å². The fraction of sp³-hybridized carbons (Fsp3) is 0.364. The van der Waals surface area contributed by atoms with E-state index in [1.807, 2.05) is 30.3 Å². The fourth-order valence-electron chi connectivity index (χ4n) is 4.03. The fourth-order valence-corrected chi connectivity index (χ4v) is 4.26. The Hall–Kier alpha value is -2.59. The van der Waals surface area contributed by atoms with Gasteiger partial charge in [-0.25, -0.2) is 4.99 Å². The Morgan fingerprint density at radius 1 is 1.10 bits per heavy atom. The van der Waals surface area contributed by atoms with Gasteiger partial charge in [0.05, 0.1) is 40.2 Å². The van der Waals surface area contributed by atoms with Gasteiger partial charge in [-0.3, -0.25) is 4.90 Å². The molecular formula is C22H21ClN4O2. The predicted octanol–water partition coefficient (Wildman–Crippen LogP) is 3.38. The summed E-state index contributed by atoms with van der Waals surface area (Å²) in [4.78, 5) is 6.15. The van der Waals surface area contributed by atoms with Crippen LogP contribution in [0.25, 0.3) is 0 Å². The number of aliphatic hydroxyl groups is 2. The maximum atomic E-state index is 10.9. The number of nitrogens with zero attached hydrogens (tertiary/aromatic N) is 3. The number of anilines is 2. The lowest BCUT2D eigenvalue weighted by molar-refractivity contribution is 0.0593. The normalized spacial score (nSPS) is 25.5. The van der Waals surface area contributed by atoms with Crippen molar-refractivity contribution >= 4 is 28.8 Å². The van der Waals surface area contributed by atoms with Crippen LogP contribution in [-0.4, -0.2) is 34.5 Å². The summed E-state index contributed by atoms with van der Waals surface area (Å²) in [5.74, 6) is 0.877. The van der Waals surface area contributed by atoms with Gasteiger partial charge in [0, 0.05) is 5.56 Å². The van der Waals surface area contributed by atoms with Crippen molar-refractivity contribution < 1.29 is 10.2 Å². The molecule has 1 aliphatic heterocycles. The molecule has 29 heavy (non-hydrogen) atoms. The summed E-state index contributed by atoms with van der Waals surface area (Å²) < 4.78 is 0. The van der Waals surface area contributed by atoms with Gasteiger partial charge in [0.2, 0.25) is 6.35 Å². The van der Waals surface area contributed by atoms with E-state index in [1.165, 1.54) is 0 Å². The highest BCUT2D eigenvalue weighted by atomic mass is 35.5. The van der Waals surface area contributed by atoms with Crippen LogP contribution in [0, 0.1) is 11.3 Å². The summed E-state index contributed by atoms with van der Waals surface area (Å²) in [6.45, 7) is 0. The molecule has 1 unspecified atom stereocenters. The van der Waals surface area contributed by atoms with Gasteiger partial charge in [-0.15, -0.1) is 0 Å². The molecule has 6 nitrogen and oxygen atoms in total. The second-order valence-electron chi connectivity index (χ2n) is 7.88. The number of aliphatic imine (C=N–C) groups is 1. The number of hydrogen-bond acceptors (Lipinski definition) is 6. The van der Waals surface area contributed by atoms with Gasteiger partial charge in [0.25, 0.3) is 0 Å². The molecule has 2 saturated carbocycles. The molecular weight excluding hydrogens is 388 g/mol. The number of hydrogen-bond donors (Lipinski definition) is 3. The van der Waals surface area contributed by atoms with Crippen LogP contribution in [-0.2, 0) is 0 Å². The Kier molecular flexibility index (Phi) is 4.47. The summed E-state index contributed by atoms with van der Waals surface area (Å²) in [5, 5.41) is 34.4. The first-order valence-corrected chi connectivity index (χ1v) is 10.3. The van der Waals surface area contributed by atoms with Crippen LogP contribution in [0.4, 0.5) is 11.4 Å². The van der Waals surface area contributed by atoms with Crippen LogP contribution in [0.5, 0.6) is 0 Å². The molecule has 3 aliphatic rings. The second kappa shape index (κ2) is 7.03. The highest BCUT2D eigenvalue weighted by Crippen LogP contribution is 2.46. The van der Waals surface area contributed by atoms with Crippen LogP contribution in [0.3, 0.4) is 0 Å². The first-order valence-electron chi connectivity index (χ1n) is 9.89. The molecule has 7 heteroatoms. The SMILES string of the molecule is N#Cc1cc2c(cc1C1CC1)N(c1ccccc1Cl)C(O)N=C2N[C@@H]1CC[C@H]1O. The van der Waals surface area contributed by atoms with Crippen molar-refractivity contribution in [2.45, 2.75) is 50.1 Å². The van der Waals surface area contributed by atoms with E-state index in [-0.39, 0.29) is 6.04 Å². The van der Waals surface area contributed by atoms with Gasteiger partial charge in [-0.1, -0.05) is 23.7 Å². The van der Waals surface area contributed by atoms with E-state index in [2.05, 4.69) is 16.4 Å². The Morgan fingerprint density at radius 3 is 2.52 bits per heavy atom. The van der Waals surface area contributed by atoms with Gasteiger partial charge < -0.3 is 15.5 Å². The Bertz CT molecular complexity index is 1040. The van der Waals surface area contributed by atoms with Crippen LogP contribution in [0.2, 0.25) is 5.02 Å². The molecule has 0 amide bonds. The zero-order valence-corrected chi connectivity index (χ0v) is 16.5. The lowest BCUT2D eigenvalue weighted by Crippen LogP contribution is -2.52. The van der Waals surface area contributed by atoms with Gasteiger partial charge in [-0.05, 0) is 61.4 Å². The van der Waals surface area contributed by atoms with E-state index in [0.717, 1.165) is 42.5 Å². The quantitative estimate of drug-likeness (QED) is 0.724. The topological polar surface area (TPSA) is 91.9 Å². The van der Waals surface area contributed by atoms with Crippen molar-refractivity contribution in [3.8, 4) is 6.07 Å². The summed E-state index contributed by atoms with van der Waals surface area (Å²) in [5.41, 5.74) is 3.78. The van der Waals surface area contributed by atoms with Crippen molar-refractivity contribution in [1.29, 1.82) is 5.26 Å². The highest BCUT2D eigenvalue weighted by Gasteiger charge is 2.36. The third kappa shape index (κ3) is 3.16. The van der Waals surface area contributed by atoms with Gasteiger partial charge in [0.1, 0.15) is 5.84 Å². The molecule has 0 bridgehead atoms. The highest BCUT2D eigenvalue weighted by molar-refractivity contribution is 6.33. The number of aliphatic hydroxyl groups excluding tert-OH is 2. The molecule has 2 aromatic rings. The number of fused-ring (bicyclic) bond motifs is 1. The molecule has 0 spiro atoms. The van der Waals surface area contributed by atoms with Crippen LogP contribution < -0.4 is 10.2 Å². The zero-order chi connectivity index (χ0) is 20.1. The smallest absolute Gasteiger partial charge is 0.231 e. The van der Waals surface area contributed by atoms with Crippen molar-refractivity contribution in [2.24, 2.45) is 4.99 Å². The van der Waals surface area contributed by atoms with E-state index in [1.54, 1.807) is 11.0 Å². The molecule has 148 valence electrons. The van der Waals surface area contributed by atoms with Gasteiger partial charge in [0.15, 0.2) is 0 Å². The lowest BCUT2D eigenvalue weighted by atomic mass is 9.88. The number of rotatable bonds is 3. The van der Waals surface area contributed by atoms with Crippen molar-refractivity contribution in [1.82, 2.24) is 5.32 Å². The Morgan fingerprint density at radius 2 is 1.90 bits per heavy atom. The Labute approximate surface area is 174 Å². The monoisotopic (exact) mass is 408 g/mol. The maximum Gasteiger partial charge on any atom is 0.231 e. The maximum absolute atomic E-state index is 10.9. The molecule has 2 aliphatic carbocycles. The summed E-state index contributed by atoms with van der Waals surface area (Å²) in [7, 11) is 0. The summed E-state index contributed by atoms with van der Waals surface area (Å²) in [6, 6.07) is 13.4. The molecule has 0 saturated heterocycles. The van der Waals surface area contributed by atoms with E-state index >= 15 is 0 Å². The number of nitrogens with one attached hydrogen (secondary N) is 1. The third-order valence-electron chi connectivity index (χ3n) is 5.97. The van der Waals surface area contributed by atoms with Gasteiger partial charge >= 0.3 is 0 Å². The number of benzene rings is 2. The van der Waals surface area contributed by atoms with Crippen LogP contribution in [0.1, 0.15) is 48.3 Å². The minimum absolute atomic E-state index is 0.102. The molecule has 2 aromatic carbocycles. The second-order valence-corrected chi connectivity index (χ2v) is 8.29. The molecule has 0 aromatic heterocycles. The molecule has 2 fully saturated rings. The predicted molar refractivity (Wildman–Crippen MR) is 111 cm³/mol. The van der Waals surface area contributed by atoms with Crippen LogP contribution in [0.15, 0.2) is 41.4 Å². The molecule has 5 rings (SSSR count). The molecule has 0 radical (unpaired) electrons. The lowest BCUT2D eigenvalue weighted by Gasteiger charge is -2.39. The van der Waals surface area contributed by atoms with Crippen molar-refractivity contribution in [3.63, 3.8) is 0 Å². The molecule has 1 heterocycles. The van der Waals surface area contributed by atoms with Crippen LogP contribution >= 0.6 is 11.6 Å². The first kappa shape index (κ1) is 18.4. The number of amidine groups is 1. The van der Waals surface area contributed by atoms with E-state index in [4.69, 9.17) is 11.6 Å². The first-order chi connectivity index (χ1) is 14.1. The van der Waals surface area contributed by atoms with Crippen molar-refractivity contribution in [2.75, 3.05) is 4.90 Å². The zero-order valence-electron chi connectivity index (χ0n) is 15.7. The standard InChI is InChI=1S/C22H21ClN4O2/c23-16-3-1-2-4-18(16)27-19-10-14(12-5-6-12)13(11-24)9-15(19)21(26-22(27)29)25-17-7-8-20(17)28/h1-4,9-10,12,17,20,22,28-29H,5-8H2,(H,25,26)/t17-,20-,22?/m1/s1.